The van der Waals surface area contributed by atoms with Gasteiger partial charge in [0.15, 0.2) is 0 Å². The Morgan fingerprint density at radius 3 is 3.00 bits per heavy atom. The van der Waals surface area contributed by atoms with Crippen LogP contribution in [0.2, 0.25) is 0 Å². The average molecular weight is 301 g/mol. The van der Waals surface area contributed by atoms with Gasteiger partial charge in [0.05, 0.1) is 0 Å². The molecule has 0 spiro atoms. The monoisotopic (exact) mass is 301 g/mol. The minimum atomic E-state index is -0.111. The van der Waals surface area contributed by atoms with Crippen LogP contribution in [0.25, 0.3) is 11.4 Å². The van der Waals surface area contributed by atoms with Gasteiger partial charge in [-0.3, -0.25) is 4.79 Å². The average Bonchev–Trinajstić information content (AvgIpc) is 3.18. The maximum atomic E-state index is 12.1. The highest BCUT2D eigenvalue weighted by Gasteiger charge is 2.24. The molecule has 1 unspecified atom stereocenters. The summed E-state index contributed by atoms with van der Waals surface area (Å²) in [7, 11) is 0. The van der Waals surface area contributed by atoms with Crippen molar-refractivity contribution in [1.82, 2.24) is 15.5 Å². The molecule has 1 aromatic heterocycles. The van der Waals surface area contributed by atoms with E-state index in [0.29, 0.717) is 17.3 Å². The lowest BCUT2D eigenvalue weighted by Crippen LogP contribution is -2.30. The van der Waals surface area contributed by atoms with Crippen LogP contribution in [0, 0.1) is 0 Å². The summed E-state index contributed by atoms with van der Waals surface area (Å²) in [6.07, 6.45) is 1.81. The van der Waals surface area contributed by atoms with Gasteiger partial charge in [0.2, 0.25) is 5.82 Å². The van der Waals surface area contributed by atoms with Crippen molar-refractivity contribution in [2.75, 3.05) is 6.61 Å². The minimum absolute atomic E-state index is 0.0902. The third-order valence-electron chi connectivity index (χ3n) is 3.45. The van der Waals surface area contributed by atoms with Gasteiger partial charge in [0.25, 0.3) is 11.8 Å². The van der Waals surface area contributed by atoms with E-state index in [1.807, 2.05) is 26.0 Å². The predicted octanol–water partition coefficient (Wildman–Crippen LogP) is 2.73. The van der Waals surface area contributed by atoms with E-state index in [0.717, 1.165) is 25.0 Å². The molecule has 1 aliphatic rings. The third kappa shape index (κ3) is 3.17. The van der Waals surface area contributed by atoms with Crippen molar-refractivity contribution in [3.63, 3.8) is 0 Å². The molecule has 2 aromatic rings. The zero-order chi connectivity index (χ0) is 15.5. The number of rotatable bonds is 4. The van der Waals surface area contributed by atoms with Gasteiger partial charge < -0.3 is 14.6 Å². The lowest BCUT2D eigenvalue weighted by molar-refractivity contribution is 0.0835. The van der Waals surface area contributed by atoms with E-state index in [4.69, 9.17) is 9.26 Å². The molecule has 1 amide bonds. The van der Waals surface area contributed by atoms with E-state index in [-0.39, 0.29) is 18.1 Å². The third-order valence-corrected chi connectivity index (χ3v) is 3.45. The molecular formula is C16H19N3O3. The van der Waals surface area contributed by atoms with Crippen LogP contribution in [0.15, 0.2) is 28.8 Å². The van der Waals surface area contributed by atoms with Crippen LogP contribution in [0.4, 0.5) is 0 Å². The summed E-state index contributed by atoms with van der Waals surface area (Å²) >= 11 is 0. The van der Waals surface area contributed by atoms with E-state index in [1.54, 1.807) is 12.1 Å². The highest BCUT2D eigenvalue weighted by Crippen LogP contribution is 2.28. The molecule has 1 aromatic carbocycles. The maximum Gasteiger partial charge on any atom is 0.256 e. The molecule has 116 valence electrons. The van der Waals surface area contributed by atoms with E-state index in [1.165, 1.54) is 0 Å². The number of nitrogens with one attached hydrogen (secondary N) is 1. The first-order chi connectivity index (χ1) is 10.6. The molecular weight excluding hydrogens is 282 g/mol. The Kier molecular flexibility index (Phi) is 4.20. The SMILES string of the molecule is CC(C)NC(=O)c1cccc(-c2noc(C3CCCO3)n2)c1. The van der Waals surface area contributed by atoms with Crippen molar-refractivity contribution in [2.24, 2.45) is 0 Å². The van der Waals surface area contributed by atoms with Crippen LogP contribution in [0.5, 0.6) is 0 Å². The summed E-state index contributed by atoms with van der Waals surface area (Å²) in [5.41, 5.74) is 1.33. The Labute approximate surface area is 128 Å². The van der Waals surface area contributed by atoms with Crippen LogP contribution in [0.3, 0.4) is 0 Å². The van der Waals surface area contributed by atoms with Gasteiger partial charge in [-0.1, -0.05) is 17.3 Å². The topological polar surface area (TPSA) is 77.2 Å². The van der Waals surface area contributed by atoms with Crippen LogP contribution < -0.4 is 5.32 Å². The molecule has 6 nitrogen and oxygen atoms in total. The smallest absolute Gasteiger partial charge is 0.256 e. The molecule has 0 saturated carbocycles. The largest absolute Gasteiger partial charge is 0.368 e. The number of nitrogens with zero attached hydrogens (tertiary/aromatic N) is 2. The number of aromatic nitrogens is 2. The molecule has 1 N–H and O–H groups in total. The fourth-order valence-electron chi connectivity index (χ4n) is 2.40. The molecule has 2 heterocycles. The van der Waals surface area contributed by atoms with Crippen LogP contribution in [-0.2, 0) is 4.74 Å². The highest BCUT2D eigenvalue weighted by atomic mass is 16.5. The predicted molar refractivity (Wildman–Crippen MR) is 80.3 cm³/mol. The van der Waals surface area contributed by atoms with Crippen molar-refractivity contribution in [2.45, 2.75) is 38.8 Å². The molecule has 0 radical (unpaired) electrons. The van der Waals surface area contributed by atoms with E-state index in [2.05, 4.69) is 15.5 Å². The quantitative estimate of drug-likeness (QED) is 0.939. The fraction of sp³-hybridized carbons (Fsp3) is 0.438. The number of amides is 1. The minimum Gasteiger partial charge on any atom is -0.368 e. The van der Waals surface area contributed by atoms with Crippen molar-refractivity contribution in [3.8, 4) is 11.4 Å². The Morgan fingerprint density at radius 1 is 1.41 bits per heavy atom. The molecule has 1 saturated heterocycles. The van der Waals surface area contributed by atoms with E-state index >= 15 is 0 Å². The summed E-state index contributed by atoms with van der Waals surface area (Å²) in [6.45, 7) is 4.58. The summed E-state index contributed by atoms with van der Waals surface area (Å²) in [5, 5.41) is 6.86. The first-order valence-electron chi connectivity index (χ1n) is 7.50. The number of hydrogen-bond donors (Lipinski definition) is 1. The molecule has 0 aliphatic carbocycles. The fourth-order valence-corrected chi connectivity index (χ4v) is 2.40. The highest BCUT2D eigenvalue weighted by molar-refractivity contribution is 5.95. The van der Waals surface area contributed by atoms with Gasteiger partial charge in [0, 0.05) is 23.8 Å². The molecule has 22 heavy (non-hydrogen) atoms. The van der Waals surface area contributed by atoms with Gasteiger partial charge >= 0.3 is 0 Å². The summed E-state index contributed by atoms with van der Waals surface area (Å²) in [4.78, 5) is 16.4. The summed E-state index contributed by atoms with van der Waals surface area (Å²) in [6, 6.07) is 7.29. The Hall–Kier alpha value is -2.21. The maximum absolute atomic E-state index is 12.1. The molecule has 3 rings (SSSR count). The molecule has 1 atom stereocenters. The zero-order valence-corrected chi connectivity index (χ0v) is 12.7. The second-order valence-corrected chi connectivity index (χ2v) is 5.67. The van der Waals surface area contributed by atoms with Crippen LogP contribution in [-0.4, -0.2) is 28.7 Å². The Bertz CT molecular complexity index is 660. The zero-order valence-electron chi connectivity index (χ0n) is 12.7. The normalized spacial score (nSPS) is 17.9. The van der Waals surface area contributed by atoms with Crippen LogP contribution in [0.1, 0.15) is 49.0 Å². The number of benzene rings is 1. The first kappa shape index (κ1) is 14.7. The Morgan fingerprint density at radius 2 is 2.27 bits per heavy atom. The molecule has 1 fully saturated rings. The number of carbonyl (C=O) groups excluding carboxylic acids is 1. The second kappa shape index (κ2) is 6.27. The molecule has 1 aliphatic heterocycles. The van der Waals surface area contributed by atoms with Crippen molar-refractivity contribution in [3.05, 3.63) is 35.7 Å². The van der Waals surface area contributed by atoms with Gasteiger partial charge in [-0.2, -0.15) is 4.98 Å². The van der Waals surface area contributed by atoms with E-state index < -0.39 is 0 Å². The number of hydrogen-bond acceptors (Lipinski definition) is 5. The van der Waals surface area contributed by atoms with E-state index in [9.17, 15) is 4.79 Å². The Balaban J connectivity index is 1.81. The number of carbonyl (C=O) groups is 1. The van der Waals surface area contributed by atoms with Gasteiger partial charge in [-0.15, -0.1) is 0 Å². The summed E-state index contributed by atoms with van der Waals surface area (Å²) < 4.78 is 10.8. The van der Waals surface area contributed by atoms with Gasteiger partial charge in [-0.05, 0) is 38.8 Å². The lowest BCUT2D eigenvalue weighted by Gasteiger charge is -2.08. The van der Waals surface area contributed by atoms with Crippen molar-refractivity contribution >= 4 is 5.91 Å². The van der Waals surface area contributed by atoms with Crippen molar-refractivity contribution < 1.29 is 14.1 Å². The lowest BCUT2D eigenvalue weighted by atomic mass is 10.1. The molecule has 6 heteroatoms. The summed E-state index contributed by atoms with van der Waals surface area (Å²) in [5.74, 6) is 0.869. The van der Waals surface area contributed by atoms with Crippen LogP contribution >= 0.6 is 0 Å². The number of ether oxygens (including phenoxy) is 1. The standard InChI is InChI=1S/C16H19N3O3/c1-10(2)17-15(20)12-6-3-5-11(9-12)14-18-16(22-19-14)13-7-4-8-21-13/h3,5-6,9-10,13H,4,7-8H2,1-2H3,(H,17,20). The second-order valence-electron chi connectivity index (χ2n) is 5.67. The van der Waals surface area contributed by atoms with Crippen molar-refractivity contribution in [1.29, 1.82) is 0 Å². The van der Waals surface area contributed by atoms with Gasteiger partial charge in [-0.25, -0.2) is 0 Å². The van der Waals surface area contributed by atoms with Gasteiger partial charge in [0.1, 0.15) is 6.10 Å². The molecule has 0 bridgehead atoms. The first-order valence-corrected chi connectivity index (χ1v) is 7.50.